The Labute approximate surface area is 296 Å². The predicted octanol–water partition coefficient (Wildman–Crippen LogP) is 9.78. The fourth-order valence-electron chi connectivity index (χ4n) is 7.82. The number of carbonyl (C=O) groups is 1. The van der Waals surface area contributed by atoms with Crippen molar-refractivity contribution in [3.8, 4) is 0 Å². The van der Waals surface area contributed by atoms with Crippen LogP contribution in [0.3, 0.4) is 0 Å². The number of allylic oxidation sites excluding steroid dienone is 4. The zero-order valence-electron chi connectivity index (χ0n) is 27.5. The Bertz CT molecular complexity index is 1620. The van der Waals surface area contributed by atoms with Crippen LogP contribution in [0.15, 0.2) is 130 Å². The highest BCUT2D eigenvalue weighted by atomic mass is 32.2. The summed E-state index contributed by atoms with van der Waals surface area (Å²) in [5.74, 6) is -4.39. The topological polar surface area (TPSA) is 80.7 Å². The van der Waals surface area contributed by atoms with E-state index in [0.29, 0.717) is 0 Å². The molecule has 4 bridgehead atoms. The largest absolute Gasteiger partial charge is 0.438 e. The molecule has 5 aliphatic carbocycles. The summed E-state index contributed by atoms with van der Waals surface area (Å²) in [6.07, 6.45) is -0.317. The quantitative estimate of drug-likeness (QED) is 0.113. The number of esters is 1. The molecule has 5 aliphatic rings. The lowest BCUT2D eigenvalue weighted by atomic mass is 9.49. The number of alkyl halides is 6. The van der Waals surface area contributed by atoms with Crippen molar-refractivity contribution in [1.29, 1.82) is 0 Å². The molecule has 0 heterocycles. The molecule has 0 radical (unpaired) electrons. The first kappa shape index (κ1) is 38.7. The zero-order chi connectivity index (χ0) is 36.9. The standard InChI is InChI=1S/C18H15S.C15H18F6O5S.C5H6/c1-4-10-16(11-5-1)19(17-12-6-2-7-13-17)18-14-8-3-9-15-18;16-14(17,18)13(15(19,20)21,7-27(23,24)25)26-11(22)12-4-8-1-9(5-12)3-10(2-8)6-12;1-2-4-5-3-1/h1-15H;8-10H,1-7H2,(H,23,24,25);1-4H,5H2/q+1;;. The van der Waals surface area contributed by atoms with Gasteiger partial charge in [0.25, 0.3) is 10.1 Å². The van der Waals surface area contributed by atoms with Gasteiger partial charge in [0.1, 0.15) is 5.75 Å². The van der Waals surface area contributed by atoms with Crippen LogP contribution in [0, 0.1) is 23.2 Å². The molecule has 4 saturated carbocycles. The van der Waals surface area contributed by atoms with Gasteiger partial charge in [0.05, 0.1) is 16.3 Å². The van der Waals surface area contributed by atoms with Crippen LogP contribution < -0.4 is 0 Å². The average Bonchev–Trinajstić information content (AvgIpc) is 3.65. The van der Waals surface area contributed by atoms with Crippen molar-refractivity contribution in [1.82, 2.24) is 0 Å². The molecular weight excluding hydrogens is 715 g/mol. The number of rotatable bonds is 7. The number of benzene rings is 3. The first-order valence-corrected chi connectivity index (χ1v) is 19.4. The molecule has 3 aromatic rings. The molecule has 0 spiro atoms. The molecule has 274 valence electrons. The number of hydrogen-bond acceptors (Lipinski definition) is 4. The molecule has 4 fully saturated rings. The highest BCUT2D eigenvalue weighted by Crippen LogP contribution is 2.61. The van der Waals surface area contributed by atoms with E-state index in [0.717, 1.165) is 25.7 Å². The normalized spacial score (nSPS) is 23.6. The Hall–Kier alpha value is -3.55. The first-order valence-electron chi connectivity index (χ1n) is 16.6. The molecule has 0 unspecified atom stereocenters. The van der Waals surface area contributed by atoms with E-state index in [2.05, 4.69) is 120 Å². The maximum Gasteiger partial charge on any atom is 0.438 e. The minimum Gasteiger partial charge on any atom is -0.438 e. The number of halogens is 6. The minimum absolute atomic E-state index is 0.0146. The second-order valence-electron chi connectivity index (χ2n) is 13.5. The second kappa shape index (κ2) is 15.6. The maximum atomic E-state index is 13.4. The molecule has 13 heteroatoms. The minimum atomic E-state index is -6.28. The number of carbonyl (C=O) groups excluding carboxylic acids is 1. The van der Waals surface area contributed by atoms with Gasteiger partial charge in [-0.15, -0.1) is 0 Å². The van der Waals surface area contributed by atoms with E-state index in [4.69, 9.17) is 4.55 Å². The van der Waals surface area contributed by atoms with Crippen LogP contribution in [-0.4, -0.2) is 42.6 Å². The van der Waals surface area contributed by atoms with Crippen LogP contribution in [0.25, 0.3) is 0 Å². The van der Waals surface area contributed by atoms with Crippen LogP contribution in [-0.2, 0) is 30.5 Å². The van der Waals surface area contributed by atoms with Crippen molar-refractivity contribution < 1.29 is 48.8 Å². The van der Waals surface area contributed by atoms with Crippen molar-refractivity contribution in [2.45, 2.75) is 77.6 Å². The lowest BCUT2D eigenvalue weighted by Crippen LogP contribution is -2.65. The van der Waals surface area contributed by atoms with Gasteiger partial charge in [0.15, 0.2) is 14.7 Å². The summed E-state index contributed by atoms with van der Waals surface area (Å²) in [4.78, 5) is 16.7. The number of hydrogen-bond donors (Lipinski definition) is 1. The van der Waals surface area contributed by atoms with Gasteiger partial charge in [-0.1, -0.05) is 78.9 Å². The summed E-state index contributed by atoms with van der Waals surface area (Å²) in [5, 5.41) is 0. The predicted molar refractivity (Wildman–Crippen MR) is 182 cm³/mol. The van der Waals surface area contributed by atoms with E-state index < -0.39 is 45.2 Å². The molecule has 5 nitrogen and oxygen atoms in total. The Morgan fingerprint density at radius 2 is 1.04 bits per heavy atom. The van der Waals surface area contributed by atoms with Crippen molar-refractivity contribution in [3.63, 3.8) is 0 Å². The van der Waals surface area contributed by atoms with Gasteiger partial charge in [-0.3, -0.25) is 9.35 Å². The van der Waals surface area contributed by atoms with Gasteiger partial charge < -0.3 is 4.74 Å². The van der Waals surface area contributed by atoms with Crippen molar-refractivity contribution >= 4 is 27.0 Å². The summed E-state index contributed by atoms with van der Waals surface area (Å²) in [5.41, 5.74) is -6.77. The first-order chi connectivity index (χ1) is 24.0. The van der Waals surface area contributed by atoms with Crippen molar-refractivity contribution in [3.05, 3.63) is 115 Å². The Balaban J connectivity index is 0.000000181. The van der Waals surface area contributed by atoms with E-state index >= 15 is 0 Å². The van der Waals surface area contributed by atoms with Crippen LogP contribution in [0.5, 0.6) is 0 Å². The van der Waals surface area contributed by atoms with Gasteiger partial charge in [-0.25, -0.2) is 0 Å². The molecule has 8 rings (SSSR count). The van der Waals surface area contributed by atoms with Gasteiger partial charge in [-0.05, 0) is 99.1 Å². The van der Waals surface area contributed by atoms with Crippen LogP contribution >= 0.6 is 0 Å². The fraction of sp³-hybridized carbons (Fsp3) is 0.395. The van der Waals surface area contributed by atoms with Gasteiger partial charge in [0.2, 0.25) is 0 Å². The van der Waals surface area contributed by atoms with Crippen LogP contribution in [0.1, 0.15) is 44.9 Å². The number of ether oxygens (including phenoxy) is 1. The molecular formula is C38H39F6O5S2+. The molecule has 51 heavy (non-hydrogen) atoms. The molecule has 1 N–H and O–H groups in total. The highest BCUT2D eigenvalue weighted by molar-refractivity contribution is 7.97. The summed E-state index contributed by atoms with van der Waals surface area (Å²) in [6, 6.07) is 32.2. The highest BCUT2D eigenvalue weighted by Gasteiger charge is 2.76. The molecule has 0 saturated heterocycles. The third kappa shape index (κ3) is 9.28. The fourth-order valence-corrected chi connectivity index (χ4v) is 10.8. The molecule has 0 aromatic heterocycles. The molecule has 0 amide bonds. The lowest BCUT2D eigenvalue weighted by Gasteiger charge is -2.55. The van der Waals surface area contributed by atoms with Crippen LogP contribution in [0.4, 0.5) is 26.3 Å². The summed E-state index contributed by atoms with van der Waals surface area (Å²) >= 11 is 0. The molecule has 3 aromatic carbocycles. The Kier molecular flexibility index (Phi) is 11.8. The van der Waals surface area contributed by atoms with Gasteiger partial charge in [-0.2, -0.15) is 34.8 Å². The average molecular weight is 754 g/mol. The zero-order valence-corrected chi connectivity index (χ0v) is 29.2. The smallest absolute Gasteiger partial charge is 0.438 e. The van der Waals surface area contributed by atoms with Gasteiger partial charge >= 0.3 is 23.9 Å². The van der Waals surface area contributed by atoms with Crippen molar-refractivity contribution in [2.75, 3.05) is 5.75 Å². The Morgan fingerprint density at radius 3 is 1.31 bits per heavy atom. The van der Waals surface area contributed by atoms with E-state index in [9.17, 15) is 39.6 Å². The molecule has 0 aliphatic heterocycles. The summed E-state index contributed by atoms with van der Waals surface area (Å²) in [6.45, 7) is 0. The lowest BCUT2D eigenvalue weighted by molar-refractivity contribution is -0.364. The third-order valence-corrected chi connectivity index (χ3v) is 12.6. The Morgan fingerprint density at radius 1 is 0.686 bits per heavy atom. The van der Waals surface area contributed by atoms with Gasteiger partial charge in [0, 0.05) is 0 Å². The summed E-state index contributed by atoms with van der Waals surface area (Å²) < 4.78 is 115. The van der Waals surface area contributed by atoms with E-state index in [-0.39, 0.29) is 47.9 Å². The van der Waals surface area contributed by atoms with E-state index in [1.807, 2.05) is 0 Å². The SMILES string of the molecule is C1=CCC=C1.O=C(OC(CS(=O)(=O)O)(C(F)(F)F)C(F)(F)F)C12CC3CC(CC(C3)C1)C2.c1ccc([S+](c2ccccc2)c2ccccc2)cc1. The van der Waals surface area contributed by atoms with E-state index in [1.54, 1.807) is 0 Å². The molecule has 0 atom stereocenters. The third-order valence-electron chi connectivity index (χ3n) is 9.63. The monoisotopic (exact) mass is 753 g/mol. The summed E-state index contributed by atoms with van der Waals surface area (Å²) in [7, 11) is -5.78. The van der Waals surface area contributed by atoms with Crippen LogP contribution in [0.2, 0.25) is 0 Å². The van der Waals surface area contributed by atoms with Crippen molar-refractivity contribution in [2.24, 2.45) is 23.2 Å². The maximum absolute atomic E-state index is 13.4. The second-order valence-corrected chi connectivity index (χ2v) is 17.0. The van der Waals surface area contributed by atoms with E-state index in [1.165, 1.54) is 14.7 Å².